The monoisotopic (exact) mass is 261 g/mol. The standard InChI is InChI=1S/C17H27NO/c1-3-18-16(15-10-5-4-6-11-15)13-19-17-12-8-7-9-14(17)2/h7-9,12,15-16,18H,3-6,10-11,13H2,1-2H3. The maximum absolute atomic E-state index is 6.04. The molecule has 1 aromatic rings. The van der Waals surface area contributed by atoms with Gasteiger partial charge in [0.25, 0.3) is 0 Å². The third-order valence-electron chi connectivity index (χ3n) is 4.20. The molecular formula is C17H27NO. The summed E-state index contributed by atoms with van der Waals surface area (Å²) in [7, 11) is 0. The fourth-order valence-electron chi connectivity index (χ4n) is 3.06. The summed E-state index contributed by atoms with van der Waals surface area (Å²) in [6.45, 7) is 6.11. The zero-order valence-corrected chi connectivity index (χ0v) is 12.3. The topological polar surface area (TPSA) is 21.3 Å². The second-order valence-electron chi connectivity index (χ2n) is 5.64. The van der Waals surface area contributed by atoms with Crippen molar-refractivity contribution in [3.8, 4) is 5.75 Å². The van der Waals surface area contributed by atoms with Crippen LogP contribution in [0.2, 0.25) is 0 Å². The van der Waals surface area contributed by atoms with Crippen LogP contribution in [-0.4, -0.2) is 19.2 Å². The third kappa shape index (κ3) is 4.24. The Bertz CT molecular complexity index is 371. The molecule has 0 aromatic heterocycles. The fourth-order valence-corrected chi connectivity index (χ4v) is 3.06. The van der Waals surface area contributed by atoms with E-state index in [2.05, 4.69) is 37.4 Å². The second kappa shape index (κ2) is 7.54. The second-order valence-corrected chi connectivity index (χ2v) is 5.64. The molecule has 1 atom stereocenters. The molecule has 0 saturated heterocycles. The Morgan fingerprint density at radius 2 is 1.95 bits per heavy atom. The number of rotatable bonds is 6. The number of benzene rings is 1. The van der Waals surface area contributed by atoms with Crippen molar-refractivity contribution in [2.45, 2.75) is 52.0 Å². The molecule has 2 heteroatoms. The van der Waals surface area contributed by atoms with Crippen molar-refractivity contribution >= 4 is 0 Å². The van der Waals surface area contributed by atoms with E-state index in [-0.39, 0.29) is 0 Å². The van der Waals surface area contributed by atoms with Crippen molar-refractivity contribution in [2.24, 2.45) is 5.92 Å². The Balaban J connectivity index is 1.91. The number of likely N-dealkylation sites (N-methyl/N-ethyl adjacent to an activating group) is 1. The van der Waals surface area contributed by atoms with Crippen LogP contribution in [0.5, 0.6) is 5.75 Å². The average Bonchev–Trinajstić information content (AvgIpc) is 2.46. The predicted octanol–water partition coefficient (Wildman–Crippen LogP) is 3.93. The number of para-hydroxylation sites is 1. The number of hydrogen-bond acceptors (Lipinski definition) is 2. The van der Waals surface area contributed by atoms with Gasteiger partial charge in [-0.15, -0.1) is 0 Å². The van der Waals surface area contributed by atoms with Gasteiger partial charge in [0.1, 0.15) is 12.4 Å². The van der Waals surface area contributed by atoms with Gasteiger partial charge in [-0.25, -0.2) is 0 Å². The molecule has 1 saturated carbocycles. The molecule has 1 fully saturated rings. The largest absolute Gasteiger partial charge is 0.492 e. The van der Waals surface area contributed by atoms with E-state index < -0.39 is 0 Å². The molecule has 2 rings (SSSR count). The van der Waals surface area contributed by atoms with Crippen molar-refractivity contribution in [3.63, 3.8) is 0 Å². The first-order valence-corrected chi connectivity index (χ1v) is 7.73. The summed E-state index contributed by atoms with van der Waals surface area (Å²) in [6, 6.07) is 8.79. The van der Waals surface area contributed by atoms with E-state index in [0.29, 0.717) is 6.04 Å². The van der Waals surface area contributed by atoms with Crippen molar-refractivity contribution in [1.82, 2.24) is 5.32 Å². The highest BCUT2D eigenvalue weighted by atomic mass is 16.5. The summed E-state index contributed by atoms with van der Waals surface area (Å²) < 4.78 is 6.04. The van der Waals surface area contributed by atoms with Gasteiger partial charge in [0, 0.05) is 6.04 Å². The molecule has 2 nitrogen and oxygen atoms in total. The van der Waals surface area contributed by atoms with Crippen molar-refractivity contribution in [3.05, 3.63) is 29.8 Å². The molecule has 0 aliphatic heterocycles. The Labute approximate surface area is 117 Å². The summed E-state index contributed by atoms with van der Waals surface area (Å²) in [5.74, 6) is 1.82. The summed E-state index contributed by atoms with van der Waals surface area (Å²) >= 11 is 0. The lowest BCUT2D eigenvalue weighted by Gasteiger charge is -2.31. The fraction of sp³-hybridized carbons (Fsp3) is 0.647. The summed E-state index contributed by atoms with van der Waals surface area (Å²) in [4.78, 5) is 0. The average molecular weight is 261 g/mol. The summed E-state index contributed by atoms with van der Waals surface area (Å²) in [5.41, 5.74) is 1.22. The van der Waals surface area contributed by atoms with E-state index in [1.165, 1.54) is 37.7 Å². The Morgan fingerprint density at radius 3 is 2.63 bits per heavy atom. The molecular weight excluding hydrogens is 234 g/mol. The molecule has 0 bridgehead atoms. The molecule has 0 radical (unpaired) electrons. The number of ether oxygens (including phenoxy) is 1. The highest BCUT2D eigenvalue weighted by molar-refractivity contribution is 5.31. The molecule has 1 aliphatic carbocycles. The lowest BCUT2D eigenvalue weighted by molar-refractivity contribution is 0.187. The van der Waals surface area contributed by atoms with Crippen LogP contribution < -0.4 is 10.1 Å². The Morgan fingerprint density at radius 1 is 1.21 bits per heavy atom. The smallest absolute Gasteiger partial charge is 0.122 e. The maximum Gasteiger partial charge on any atom is 0.122 e. The molecule has 0 heterocycles. The maximum atomic E-state index is 6.04. The lowest BCUT2D eigenvalue weighted by Crippen LogP contribution is -2.41. The van der Waals surface area contributed by atoms with Crippen molar-refractivity contribution in [2.75, 3.05) is 13.2 Å². The minimum Gasteiger partial charge on any atom is -0.492 e. The van der Waals surface area contributed by atoms with Gasteiger partial charge in [-0.2, -0.15) is 0 Å². The summed E-state index contributed by atoms with van der Waals surface area (Å²) in [5, 5.41) is 3.62. The van der Waals surface area contributed by atoms with Gasteiger partial charge in [0.15, 0.2) is 0 Å². The van der Waals surface area contributed by atoms with E-state index in [1.54, 1.807) is 0 Å². The van der Waals surface area contributed by atoms with Crippen LogP contribution in [-0.2, 0) is 0 Å². The van der Waals surface area contributed by atoms with Gasteiger partial charge < -0.3 is 10.1 Å². The molecule has 106 valence electrons. The van der Waals surface area contributed by atoms with Gasteiger partial charge in [0.05, 0.1) is 0 Å². The SMILES string of the molecule is CCNC(COc1ccccc1C)C1CCCCC1. The zero-order chi connectivity index (χ0) is 13.5. The quantitative estimate of drug-likeness (QED) is 0.837. The zero-order valence-electron chi connectivity index (χ0n) is 12.3. The van der Waals surface area contributed by atoms with E-state index in [0.717, 1.165) is 24.8 Å². The van der Waals surface area contributed by atoms with E-state index >= 15 is 0 Å². The Kier molecular flexibility index (Phi) is 5.71. The number of nitrogens with one attached hydrogen (secondary N) is 1. The normalized spacial score (nSPS) is 18.2. The number of hydrogen-bond donors (Lipinski definition) is 1. The van der Waals surface area contributed by atoms with E-state index in [9.17, 15) is 0 Å². The molecule has 1 aromatic carbocycles. The molecule has 1 aliphatic rings. The van der Waals surface area contributed by atoms with Gasteiger partial charge in [0.2, 0.25) is 0 Å². The summed E-state index contributed by atoms with van der Waals surface area (Å²) in [6.07, 6.45) is 6.89. The molecule has 0 spiro atoms. The highest BCUT2D eigenvalue weighted by Crippen LogP contribution is 2.27. The van der Waals surface area contributed by atoms with Crippen LogP contribution >= 0.6 is 0 Å². The van der Waals surface area contributed by atoms with Crippen LogP contribution in [0.15, 0.2) is 24.3 Å². The van der Waals surface area contributed by atoms with Crippen LogP contribution in [0.25, 0.3) is 0 Å². The lowest BCUT2D eigenvalue weighted by atomic mass is 9.84. The third-order valence-corrected chi connectivity index (χ3v) is 4.20. The van der Waals surface area contributed by atoms with Gasteiger partial charge in [-0.3, -0.25) is 0 Å². The molecule has 1 unspecified atom stereocenters. The van der Waals surface area contributed by atoms with Crippen molar-refractivity contribution in [1.29, 1.82) is 0 Å². The first-order valence-electron chi connectivity index (χ1n) is 7.73. The van der Waals surface area contributed by atoms with Crippen LogP contribution in [0.4, 0.5) is 0 Å². The van der Waals surface area contributed by atoms with Crippen molar-refractivity contribution < 1.29 is 4.74 Å². The molecule has 19 heavy (non-hydrogen) atoms. The minimum atomic E-state index is 0.505. The highest BCUT2D eigenvalue weighted by Gasteiger charge is 2.23. The van der Waals surface area contributed by atoms with Gasteiger partial charge in [-0.05, 0) is 43.9 Å². The minimum absolute atomic E-state index is 0.505. The van der Waals surface area contributed by atoms with Gasteiger partial charge in [-0.1, -0.05) is 44.4 Å². The van der Waals surface area contributed by atoms with Crippen LogP contribution in [0.1, 0.15) is 44.6 Å². The predicted molar refractivity (Wildman–Crippen MR) is 80.7 cm³/mol. The van der Waals surface area contributed by atoms with Crippen LogP contribution in [0.3, 0.4) is 0 Å². The first kappa shape index (κ1) is 14.4. The van der Waals surface area contributed by atoms with E-state index in [4.69, 9.17) is 4.74 Å². The first-order chi connectivity index (χ1) is 9.31. The number of aryl methyl sites for hydroxylation is 1. The van der Waals surface area contributed by atoms with Crippen LogP contribution in [0, 0.1) is 12.8 Å². The Hall–Kier alpha value is -1.02. The van der Waals surface area contributed by atoms with Gasteiger partial charge >= 0.3 is 0 Å². The molecule has 1 N–H and O–H groups in total. The molecule has 0 amide bonds. The van der Waals surface area contributed by atoms with E-state index in [1.807, 2.05) is 6.07 Å².